The van der Waals surface area contributed by atoms with E-state index in [1.807, 2.05) is 13.8 Å². The van der Waals surface area contributed by atoms with Crippen LogP contribution >= 0.6 is 0 Å². The standard InChI is InChI=1S/C5H11FN/c1-5(2)7-4-3-6/h5H,3-4H2,1-2H3. The van der Waals surface area contributed by atoms with Crippen molar-refractivity contribution < 1.29 is 4.39 Å². The second-order valence-electron chi connectivity index (χ2n) is 1.69. The monoisotopic (exact) mass is 104 g/mol. The average molecular weight is 104 g/mol. The second-order valence-corrected chi connectivity index (χ2v) is 1.69. The zero-order valence-electron chi connectivity index (χ0n) is 4.82. The van der Waals surface area contributed by atoms with Crippen molar-refractivity contribution in [2.45, 2.75) is 19.9 Å². The Morgan fingerprint density at radius 2 is 2.14 bits per heavy atom. The molecule has 0 unspecified atom stereocenters. The Labute approximate surface area is 43.9 Å². The maximum atomic E-state index is 11.3. The van der Waals surface area contributed by atoms with E-state index < -0.39 is 0 Å². The normalized spacial score (nSPS) is 10.3. The molecule has 0 N–H and O–H groups in total. The van der Waals surface area contributed by atoms with Gasteiger partial charge in [0.1, 0.15) is 6.67 Å². The lowest BCUT2D eigenvalue weighted by molar-refractivity contribution is 0.443. The molecule has 0 fully saturated rings. The summed E-state index contributed by atoms with van der Waals surface area (Å²) in [6, 6.07) is 0.288. The van der Waals surface area contributed by atoms with Gasteiger partial charge < -0.3 is 0 Å². The van der Waals surface area contributed by atoms with Crippen molar-refractivity contribution >= 4 is 0 Å². The molecule has 0 aliphatic rings. The Morgan fingerprint density at radius 1 is 1.57 bits per heavy atom. The summed E-state index contributed by atoms with van der Waals surface area (Å²) in [4.78, 5) is 0. The molecule has 2 heteroatoms. The second kappa shape index (κ2) is 4.06. The molecule has 1 radical (unpaired) electrons. The van der Waals surface area contributed by atoms with Gasteiger partial charge in [-0.1, -0.05) is 0 Å². The molecule has 0 bridgehead atoms. The number of hydrogen-bond donors (Lipinski definition) is 0. The molecule has 0 aromatic carbocycles. The van der Waals surface area contributed by atoms with Crippen LogP contribution < -0.4 is 5.32 Å². The number of halogens is 1. The molecule has 0 spiro atoms. The maximum Gasteiger partial charge on any atom is 0.104 e. The molecule has 0 rings (SSSR count). The third-order valence-corrected chi connectivity index (χ3v) is 0.579. The summed E-state index contributed by atoms with van der Waals surface area (Å²) in [5, 5.41) is 3.87. The molecule has 1 nitrogen and oxygen atoms in total. The fourth-order valence-corrected chi connectivity index (χ4v) is 0.307. The van der Waals surface area contributed by atoms with E-state index in [0.29, 0.717) is 6.54 Å². The van der Waals surface area contributed by atoms with Crippen LogP contribution in [0.3, 0.4) is 0 Å². The van der Waals surface area contributed by atoms with Crippen molar-refractivity contribution in [2.24, 2.45) is 0 Å². The molecule has 7 heavy (non-hydrogen) atoms. The molecule has 0 heterocycles. The van der Waals surface area contributed by atoms with Gasteiger partial charge in [0.25, 0.3) is 0 Å². The molecule has 0 atom stereocenters. The quantitative estimate of drug-likeness (QED) is 0.506. The lowest BCUT2D eigenvalue weighted by Crippen LogP contribution is -2.16. The smallest absolute Gasteiger partial charge is 0.104 e. The van der Waals surface area contributed by atoms with E-state index in [0.717, 1.165) is 0 Å². The first-order valence-electron chi connectivity index (χ1n) is 2.50. The molecular formula is C5H11FN. The summed E-state index contributed by atoms with van der Waals surface area (Å²) >= 11 is 0. The van der Waals surface area contributed by atoms with Crippen LogP contribution in [0, 0.1) is 0 Å². The van der Waals surface area contributed by atoms with Gasteiger partial charge in [-0.2, -0.15) is 0 Å². The first-order valence-corrected chi connectivity index (χ1v) is 2.50. The van der Waals surface area contributed by atoms with E-state index in [-0.39, 0.29) is 12.7 Å². The largest absolute Gasteiger partial charge is 0.250 e. The predicted molar refractivity (Wildman–Crippen MR) is 28.1 cm³/mol. The first-order chi connectivity index (χ1) is 3.27. The lowest BCUT2D eigenvalue weighted by Gasteiger charge is -1.99. The van der Waals surface area contributed by atoms with E-state index in [4.69, 9.17) is 0 Å². The number of nitrogens with zero attached hydrogens (tertiary/aromatic N) is 1. The van der Waals surface area contributed by atoms with Gasteiger partial charge >= 0.3 is 0 Å². The average Bonchev–Trinajstić information content (AvgIpc) is 1.61. The van der Waals surface area contributed by atoms with E-state index >= 15 is 0 Å². The Kier molecular flexibility index (Phi) is 4.00. The van der Waals surface area contributed by atoms with Gasteiger partial charge in [0.15, 0.2) is 0 Å². The third kappa shape index (κ3) is 5.89. The summed E-state index contributed by atoms with van der Waals surface area (Å²) in [5.74, 6) is 0. The van der Waals surface area contributed by atoms with Gasteiger partial charge in [-0.05, 0) is 13.8 Å². The maximum absolute atomic E-state index is 11.3. The Balaban J connectivity index is 2.68. The molecular weight excluding hydrogens is 93.1 g/mol. The fraction of sp³-hybridized carbons (Fsp3) is 1.00. The van der Waals surface area contributed by atoms with Crippen molar-refractivity contribution in [3.63, 3.8) is 0 Å². The molecule has 0 saturated heterocycles. The summed E-state index contributed by atoms with van der Waals surface area (Å²) in [5.41, 5.74) is 0. The highest BCUT2D eigenvalue weighted by Crippen LogP contribution is 1.77. The molecule has 0 aliphatic carbocycles. The number of hydrogen-bond acceptors (Lipinski definition) is 0. The highest BCUT2D eigenvalue weighted by atomic mass is 19.1. The molecule has 0 aromatic heterocycles. The zero-order valence-corrected chi connectivity index (χ0v) is 4.82. The van der Waals surface area contributed by atoms with Crippen LogP contribution in [0.4, 0.5) is 4.39 Å². The van der Waals surface area contributed by atoms with Crippen molar-refractivity contribution in [1.82, 2.24) is 5.32 Å². The Morgan fingerprint density at radius 3 is 2.29 bits per heavy atom. The van der Waals surface area contributed by atoms with Gasteiger partial charge in [-0.25, -0.2) is 9.71 Å². The van der Waals surface area contributed by atoms with Gasteiger partial charge in [-0.15, -0.1) is 0 Å². The number of rotatable bonds is 3. The highest BCUT2D eigenvalue weighted by molar-refractivity contribution is 4.48. The van der Waals surface area contributed by atoms with Crippen LogP contribution in [0.5, 0.6) is 0 Å². The van der Waals surface area contributed by atoms with Gasteiger partial charge in [0.05, 0.1) is 0 Å². The summed E-state index contributed by atoms with van der Waals surface area (Å²) in [6.07, 6.45) is 0. The molecule has 0 amide bonds. The molecule has 0 saturated carbocycles. The van der Waals surface area contributed by atoms with E-state index in [1.54, 1.807) is 0 Å². The highest BCUT2D eigenvalue weighted by Gasteiger charge is 1.89. The fourth-order valence-electron chi connectivity index (χ4n) is 0.307. The van der Waals surface area contributed by atoms with Crippen LogP contribution in [-0.2, 0) is 0 Å². The Bertz CT molecular complexity index is 37.1. The van der Waals surface area contributed by atoms with Crippen LogP contribution in [-0.4, -0.2) is 19.3 Å². The van der Waals surface area contributed by atoms with Crippen LogP contribution in [0.2, 0.25) is 0 Å². The van der Waals surface area contributed by atoms with Crippen molar-refractivity contribution in [1.29, 1.82) is 0 Å². The van der Waals surface area contributed by atoms with Gasteiger partial charge in [0, 0.05) is 12.6 Å². The number of alkyl halides is 1. The molecule has 43 valence electrons. The van der Waals surface area contributed by atoms with E-state index in [1.165, 1.54) is 0 Å². The summed E-state index contributed by atoms with van der Waals surface area (Å²) < 4.78 is 11.3. The SMILES string of the molecule is CC(C)[N]CCF. The lowest BCUT2D eigenvalue weighted by atomic mass is 10.4. The third-order valence-electron chi connectivity index (χ3n) is 0.579. The van der Waals surface area contributed by atoms with E-state index in [2.05, 4.69) is 5.32 Å². The summed E-state index contributed by atoms with van der Waals surface area (Å²) in [7, 11) is 0. The minimum Gasteiger partial charge on any atom is -0.250 e. The zero-order chi connectivity index (χ0) is 5.70. The van der Waals surface area contributed by atoms with Crippen LogP contribution in [0.15, 0.2) is 0 Å². The minimum absolute atomic E-state index is 0.288. The van der Waals surface area contributed by atoms with Gasteiger partial charge in [0.2, 0.25) is 0 Å². The van der Waals surface area contributed by atoms with Gasteiger partial charge in [-0.3, -0.25) is 0 Å². The van der Waals surface area contributed by atoms with Crippen LogP contribution in [0.1, 0.15) is 13.8 Å². The first kappa shape index (κ1) is 6.89. The predicted octanol–water partition coefficient (Wildman–Crippen LogP) is 0.969. The molecule has 0 aliphatic heterocycles. The van der Waals surface area contributed by atoms with Crippen molar-refractivity contribution in [3.05, 3.63) is 0 Å². The summed E-state index contributed by atoms with van der Waals surface area (Å²) in [6.45, 7) is 3.92. The molecule has 0 aromatic rings. The van der Waals surface area contributed by atoms with Crippen molar-refractivity contribution in [3.8, 4) is 0 Å². The minimum atomic E-state index is -0.321. The topological polar surface area (TPSA) is 14.1 Å². The van der Waals surface area contributed by atoms with Crippen LogP contribution in [0.25, 0.3) is 0 Å². The van der Waals surface area contributed by atoms with Crippen molar-refractivity contribution in [2.75, 3.05) is 13.2 Å². The van der Waals surface area contributed by atoms with E-state index in [9.17, 15) is 4.39 Å². The Hall–Kier alpha value is -0.110.